The smallest absolute Gasteiger partial charge is 0.228 e. The van der Waals surface area contributed by atoms with Crippen molar-refractivity contribution < 1.29 is 9.53 Å². The first-order chi connectivity index (χ1) is 10.9. The lowest BCUT2D eigenvalue weighted by molar-refractivity contribution is -0.136. The number of nitrogens with one attached hydrogen (secondary N) is 2. The molecule has 24 heavy (non-hydrogen) atoms. The average Bonchev–Trinajstić information content (AvgIpc) is 2.54. The third-order valence-electron chi connectivity index (χ3n) is 4.99. The van der Waals surface area contributed by atoms with Crippen molar-refractivity contribution in [2.75, 3.05) is 33.4 Å². The molecule has 1 saturated heterocycles. The quantitative estimate of drug-likeness (QED) is 0.825. The van der Waals surface area contributed by atoms with Gasteiger partial charge in [-0.05, 0) is 38.4 Å². The minimum Gasteiger partial charge on any atom is -0.384 e. The summed E-state index contributed by atoms with van der Waals surface area (Å²) in [5, 5.41) is 6.51. The number of ether oxygens (including phenoxy) is 1. The Kier molecular flexibility index (Phi) is 7.71. The number of piperidine rings is 1. The van der Waals surface area contributed by atoms with Gasteiger partial charge in [-0.15, -0.1) is 12.4 Å². The summed E-state index contributed by atoms with van der Waals surface area (Å²) < 4.78 is 5.35. The maximum absolute atomic E-state index is 12.8. The number of hydrogen-bond donors (Lipinski definition) is 2. The van der Waals surface area contributed by atoms with E-state index < -0.39 is 0 Å². The highest BCUT2D eigenvalue weighted by Gasteiger charge is 2.40. The highest BCUT2D eigenvalue weighted by atomic mass is 35.5. The molecule has 0 aromatic heterocycles. The Labute approximate surface area is 152 Å². The first-order valence-electron chi connectivity index (χ1n) is 8.45. The van der Waals surface area contributed by atoms with Crippen LogP contribution in [-0.4, -0.2) is 39.3 Å². The Morgan fingerprint density at radius 1 is 1.25 bits per heavy atom. The minimum atomic E-state index is -0.386. The molecule has 5 heteroatoms. The number of halogens is 1. The summed E-state index contributed by atoms with van der Waals surface area (Å²) in [5.74, 6) is 0.126. The van der Waals surface area contributed by atoms with Crippen molar-refractivity contribution in [3.63, 3.8) is 0 Å². The van der Waals surface area contributed by atoms with Crippen molar-refractivity contribution in [1.82, 2.24) is 10.6 Å². The lowest BCUT2D eigenvalue weighted by Gasteiger charge is -2.37. The van der Waals surface area contributed by atoms with Gasteiger partial charge in [0.2, 0.25) is 5.91 Å². The minimum absolute atomic E-state index is 0. The van der Waals surface area contributed by atoms with Gasteiger partial charge in [-0.2, -0.15) is 0 Å². The zero-order valence-electron chi connectivity index (χ0n) is 15.3. The van der Waals surface area contributed by atoms with Crippen LogP contribution in [0.3, 0.4) is 0 Å². The largest absolute Gasteiger partial charge is 0.384 e. The van der Waals surface area contributed by atoms with Gasteiger partial charge < -0.3 is 15.4 Å². The average molecular weight is 355 g/mol. The molecule has 0 radical (unpaired) electrons. The summed E-state index contributed by atoms with van der Waals surface area (Å²) in [4.78, 5) is 12.8. The van der Waals surface area contributed by atoms with Crippen LogP contribution in [0.4, 0.5) is 0 Å². The predicted octanol–water partition coefficient (Wildman–Crippen LogP) is 2.83. The van der Waals surface area contributed by atoms with E-state index in [0.29, 0.717) is 13.2 Å². The number of rotatable bonds is 6. The van der Waals surface area contributed by atoms with E-state index in [0.717, 1.165) is 25.9 Å². The SMILES string of the molecule is COCC1(C(=O)NCC(C)(C)c2ccc(C)cc2)CCNCC1.Cl. The molecule has 0 atom stereocenters. The van der Waals surface area contributed by atoms with E-state index >= 15 is 0 Å². The fourth-order valence-electron chi connectivity index (χ4n) is 3.21. The molecule has 0 saturated carbocycles. The number of hydrogen-bond acceptors (Lipinski definition) is 3. The molecule has 136 valence electrons. The summed E-state index contributed by atoms with van der Waals surface area (Å²) in [6, 6.07) is 8.55. The molecule has 0 aliphatic carbocycles. The molecule has 0 unspecified atom stereocenters. The van der Waals surface area contributed by atoms with Crippen LogP contribution in [0.2, 0.25) is 0 Å². The van der Waals surface area contributed by atoms with Crippen LogP contribution in [-0.2, 0) is 14.9 Å². The standard InChI is InChI=1S/C19H30N2O2.ClH/c1-15-5-7-16(8-6-15)18(2,3)13-21-17(22)19(14-23-4)9-11-20-12-10-19;/h5-8,20H,9-14H2,1-4H3,(H,21,22);1H. The molecule has 4 nitrogen and oxygen atoms in total. The molecule has 2 rings (SSSR count). The van der Waals surface area contributed by atoms with E-state index in [1.807, 2.05) is 0 Å². The molecule has 1 aromatic carbocycles. The normalized spacial score (nSPS) is 17.0. The molecule has 2 N–H and O–H groups in total. The second-order valence-electron chi connectivity index (χ2n) is 7.40. The van der Waals surface area contributed by atoms with Crippen molar-refractivity contribution in [3.05, 3.63) is 35.4 Å². The van der Waals surface area contributed by atoms with E-state index in [1.165, 1.54) is 11.1 Å². The monoisotopic (exact) mass is 354 g/mol. The van der Waals surface area contributed by atoms with Crippen molar-refractivity contribution >= 4 is 18.3 Å². The highest BCUT2D eigenvalue weighted by Crippen LogP contribution is 2.30. The summed E-state index contributed by atoms with van der Waals surface area (Å²) in [7, 11) is 1.67. The van der Waals surface area contributed by atoms with Gasteiger partial charge in [-0.1, -0.05) is 43.7 Å². The molecule has 0 spiro atoms. The Hall–Kier alpha value is -1.10. The van der Waals surface area contributed by atoms with Gasteiger partial charge >= 0.3 is 0 Å². The zero-order valence-corrected chi connectivity index (χ0v) is 16.1. The highest BCUT2D eigenvalue weighted by molar-refractivity contribution is 5.85. The molecule has 1 amide bonds. The number of benzene rings is 1. The first-order valence-corrected chi connectivity index (χ1v) is 8.45. The summed E-state index contributed by atoms with van der Waals surface area (Å²) in [6.45, 7) is 9.30. The second-order valence-corrected chi connectivity index (χ2v) is 7.40. The van der Waals surface area contributed by atoms with Crippen molar-refractivity contribution in [3.8, 4) is 0 Å². The first kappa shape index (κ1) is 20.9. The number of carbonyl (C=O) groups is 1. The lowest BCUT2D eigenvalue weighted by atomic mass is 9.78. The fraction of sp³-hybridized carbons (Fsp3) is 0.632. The van der Waals surface area contributed by atoms with Gasteiger partial charge in [0.25, 0.3) is 0 Å². The van der Waals surface area contributed by atoms with Gasteiger partial charge in [0.05, 0.1) is 12.0 Å². The van der Waals surface area contributed by atoms with Crippen LogP contribution in [0, 0.1) is 12.3 Å². The van der Waals surface area contributed by atoms with Crippen molar-refractivity contribution in [1.29, 1.82) is 0 Å². The van der Waals surface area contributed by atoms with E-state index in [2.05, 4.69) is 55.7 Å². The van der Waals surface area contributed by atoms with Crippen LogP contribution in [0.15, 0.2) is 24.3 Å². The predicted molar refractivity (Wildman–Crippen MR) is 101 cm³/mol. The van der Waals surface area contributed by atoms with E-state index in [1.54, 1.807) is 7.11 Å². The molecular formula is C19H31ClN2O2. The summed E-state index contributed by atoms with van der Waals surface area (Å²) >= 11 is 0. The molecule has 1 fully saturated rings. The maximum atomic E-state index is 12.8. The molecule has 1 aliphatic heterocycles. The van der Waals surface area contributed by atoms with Crippen LogP contribution >= 0.6 is 12.4 Å². The molecule has 1 aromatic rings. The Morgan fingerprint density at radius 2 is 1.83 bits per heavy atom. The second kappa shape index (κ2) is 8.84. The van der Waals surface area contributed by atoms with Gasteiger partial charge in [-0.3, -0.25) is 4.79 Å². The summed E-state index contributed by atoms with van der Waals surface area (Å²) in [5.41, 5.74) is 2.02. The third-order valence-corrected chi connectivity index (χ3v) is 4.99. The molecular weight excluding hydrogens is 324 g/mol. The van der Waals surface area contributed by atoms with E-state index in [9.17, 15) is 4.79 Å². The van der Waals surface area contributed by atoms with Crippen LogP contribution in [0.1, 0.15) is 37.8 Å². The topological polar surface area (TPSA) is 50.4 Å². The number of carbonyl (C=O) groups excluding carboxylic acids is 1. The Bertz CT molecular complexity index is 517. The Morgan fingerprint density at radius 3 is 2.38 bits per heavy atom. The number of aryl methyl sites for hydroxylation is 1. The molecule has 1 aliphatic rings. The fourth-order valence-corrected chi connectivity index (χ4v) is 3.21. The number of methoxy groups -OCH3 is 1. The van der Waals surface area contributed by atoms with Gasteiger partial charge in [0.1, 0.15) is 0 Å². The van der Waals surface area contributed by atoms with Crippen LogP contribution < -0.4 is 10.6 Å². The Balaban J connectivity index is 0.00000288. The lowest BCUT2D eigenvalue weighted by Crippen LogP contribution is -2.52. The third kappa shape index (κ3) is 4.95. The van der Waals surface area contributed by atoms with Gasteiger partial charge in [0, 0.05) is 19.1 Å². The van der Waals surface area contributed by atoms with Crippen LogP contribution in [0.5, 0.6) is 0 Å². The van der Waals surface area contributed by atoms with Crippen molar-refractivity contribution in [2.45, 2.75) is 39.0 Å². The summed E-state index contributed by atoms with van der Waals surface area (Å²) in [6.07, 6.45) is 1.66. The van der Waals surface area contributed by atoms with Gasteiger partial charge in [-0.25, -0.2) is 0 Å². The molecule has 0 bridgehead atoms. The number of amides is 1. The van der Waals surface area contributed by atoms with Crippen molar-refractivity contribution in [2.24, 2.45) is 5.41 Å². The molecule has 1 heterocycles. The van der Waals surface area contributed by atoms with E-state index in [-0.39, 0.29) is 29.1 Å². The van der Waals surface area contributed by atoms with Crippen LogP contribution in [0.25, 0.3) is 0 Å². The zero-order chi connectivity index (χ0) is 16.9. The van der Waals surface area contributed by atoms with E-state index in [4.69, 9.17) is 4.74 Å². The van der Waals surface area contributed by atoms with Gasteiger partial charge in [0.15, 0.2) is 0 Å². The maximum Gasteiger partial charge on any atom is 0.228 e.